The third-order valence-corrected chi connectivity index (χ3v) is 4.28. The minimum Gasteiger partial charge on any atom is -0.494 e. The molecular formula is C14H17N5O2S. The highest BCUT2D eigenvalue weighted by molar-refractivity contribution is 7.99. The highest BCUT2D eigenvalue weighted by atomic mass is 32.2. The van der Waals surface area contributed by atoms with Gasteiger partial charge in [0.05, 0.1) is 12.4 Å². The molecule has 0 bridgehead atoms. The molecule has 0 fully saturated rings. The van der Waals surface area contributed by atoms with E-state index in [0.717, 1.165) is 35.6 Å². The number of primary amides is 1. The van der Waals surface area contributed by atoms with Crippen LogP contribution in [0.4, 0.5) is 11.6 Å². The van der Waals surface area contributed by atoms with Crippen LogP contribution in [0.15, 0.2) is 29.4 Å². The lowest BCUT2D eigenvalue weighted by Gasteiger charge is -2.15. The first-order valence-corrected chi connectivity index (χ1v) is 8.02. The van der Waals surface area contributed by atoms with E-state index >= 15 is 0 Å². The van der Waals surface area contributed by atoms with E-state index in [1.54, 1.807) is 0 Å². The number of rotatable bonds is 6. The molecule has 22 heavy (non-hydrogen) atoms. The van der Waals surface area contributed by atoms with Crippen molar-refractivity contribution in [3.63, 3.8) is 0 Å². The molecule has 1 aromatic carbocycles. The van der Waals surface area contributed by atoms with E-state index in [0.29, 0.717) is 6.61 Å². The Bertz CT molecular complexity index is 670. The van der Waals surface area contributed by atoms with Crippen LogP contribution >= 0.6 is 11.8 Å². The molecule has 0 unspecified atom stereocenters. The highest BCUT2D eigenvalue weighted by Gasteiger charge is 2.26. The molecule has 0 saturated heterocycles. The lowest BCUT2D eigenvalue weighted by Crippen LogP contribution is -2.14. The van der Waals surface area contributed by atoms with Crippen LogP contribution in [0.5, 0.6) is 5.75 Å². The van der Waals surface area contributed by atoms with Gasteiger partial charge in [-0.1, -0.05) is 11.8 Å². The molecule has 2 aromatic rings. The van der Waals surface area contributed by atoms with Gasteiger partial charge in [-0.15, -0.1) is 10.2 Å². The summed E-state index contributed by atoms with van der Waals surface area (Å²) >= 11 is 1.31. The first-order chi connectivity index (χ1) is 10.7. The Hall–Kier alpha value is -2.22. The van der Waals surface area contributed by atoms with E-state index in [1.807, 2.05) is 35.8 Å². The van der Waals surface area contributed by atoms with Crippen LogP contribution in [0.2, 0.25) is 0 Å². The van der Waals surface area contributed by atoms with Gasteiger partial charge in [-0.25, -0.2) is 0 Å². The van der Waals surface area contributed by atoms with Gasteiger partial charge < -0.3 is 15.4 Å². The molecule has 1 aliphatic rings. The maximum Gasteiger partial charge on any atom is 0.232 e. The van der Waals surface area contributed by atoms with Crippen LogP contribution in [0.1, 0.15) is 6.92 Å². The largest absolute Gasteiger partial charge is 0.494 e. The van der Waals surface area contributed by atoms with Crippen LogP contribution in [0.3, 0.4) is 0 Å². The summed E-state index contributed by atoms with van der Waals surface area (Å²) in [4.78, 5) is 13.0. The summed E-state index contributed by atoms with van der Waals surface area (Å²) in [5, 5.41) is 9.08. The smallest absolute Gasteiger partial charge is 0.232 e. The fraction of sp³-hybridized carbons (Fsp3) is 0.357. The number of anilines is 2. The van der Waals surface area contributed by atoms with Gasteiger partial charge in [0.1, 0.15) is 5.75 Å². The van der Waals surface area contributed by atoms with Gasteiger partial charge in [0.15, 0.2) is 5.16 Å². The molecule has 0 saturated carbocycles. The quantitative estimate of drug-likeness (QED) is 0.810. The van der Waals surface area contributed by atoms with E-state index < -0.39 is 0 Å². The maximum atomic E-state index is 10.9. The monoisotopic (exact) mass is 319 g/mol. The fourth-order valence-electron chi connectivity index (χ4n) is 2.35. The number of amides is 1. The zero-order valence-corrected chi connectivity index (χ0v) is 13.0. The molecule has 116 valence electrons. The number of hydrogen-bond donors (Lipinski definition) is 1. The van der Waals surface area contributed by atoms with Crippen molar-refractivity contribution in [1.82, 2.24) is 14.8 Å². The lowest BCUT2D eigenvalue weighted by atomic mass is 10.3. The van der Waals surface area contributed by atoms with Crippen molar-refractivity contribution < 1.29 is 9.53 Å². The molecule has 8 heteroatoms. The summed E-state index contributed by atoms with van der Waals surface area (Å²) < 4.78 is 7.46. The van der Waals surface area contributed by atoms with Crippen molar-refractivity contribution in [2.24, 2.45) is 5.73 Å². The first-order valence-electron chi connectivity index (χ1n) is 7.03. The van der Waals surface area contributed by atoms with Crippen LogP contribution in [-0.4, -0.2) is 39.6 Å². The summed E-state index contributed by atoms with van der Waals surface area (Å²) in [5.41, 5.74) is 6.21. The Morgan fingerprint density at radius 3 is 2.77 bits per heavy atom. The predicted octanol–water partition coefficient (Wildman–Crippen LogP) is 1.41. The number of carbonyl (C=O) groups is 1. The third-order valence-electron chi connectivity index (χ3n) is 3.29. The number of benzene rings is 1. The average Bonchev–Trinajstić information content (AvgIpc) is 3.08. The lowest BCUT2D eigenvalue weighted by molar-refractivity contribution is -0.115. The average molecular weight is 319 g/mol. The number of aromatic nitrogens is 3. The molecule has 0 radical (unpaired) electrons. The Morgan fingerprint density at radius 2 is 2.09 bits per heavy atom. The zero-order chi connectivity index (χ0) is 15.5. The molecule has 0 spiro atoms. The van der Waals surface area contributed by atoms with Crippen LogP contribution < -0.4 is 15.4 Å². The zero-order valence-electron chi connectivity index (χ0n) is 12.2. The molecule has 7 nitrogen and oxygen atoms in total. The summed E-state index contributed by atoms with van der Waals surface area (Å²) in [6, 6.07) is 7.90. The van der Waals surface area contributed by atoms with Crippen LogP contribution in [0.25, 0.3) is 0 Å². The van der Waals surface area contributed by atoms with Crippen molar-refractivity contribution in [3.05, 3.63) is 24.3 Å². The van der Waals surface area contributed by atoms with Crippen LogP contribution in [-0.2, 0) is 11.3 Å². The summed E-state index contributed by atoms with van der Waals surface area (Å²) in [6.07, 6.45) is 0. The Kier molecular flexibility index (Phi) is 4.19. The molecule has 0 atom stereocenters. The Balaban J connectivity index is 1.78. The van der Waals surface area contributed by atoms with Crippen molar-refractivity contribution >= 4 is 29.3 Å². The van der Waals surface area contributed by atoms with Gasteiger partial charge in [0, 0.05) is 18.8 Å². The summed E-state index contributed by atoms with van der Waals surface area (Å²) in [5.74, 6) is 1.49. The molecule has 1 amide bonds. The minimum absolute atomic E-state index is 0.210. The number of hydrogen-bond acceptors (Lipinski definition) is 6. The summed E-state index contributed by atoms with van der Waals surface area (Å²) in [6.45, 7) is 4.22. The van der Waals surface area contributed by atoms with E-state index in [9.17, 15) is 4.79 Å². The second kappa shape index (κ2) is 6.27. The molecule has 1 aliphatic heterocycles. The van der Waals surface area contributed by atoms with E-state index in [1.165, 1.54) is 11.8 Å². The van der Waals surface area contributed by atoms with Gasteiger partial charge in [-0.3, -0.25) is 9.36 Å². The van der Waals surface area contributed by atoms with Crippen molar-refractivity contribution in [2.45, 2.75) is 18.6 Å². The second-order valence-corrected chi connectivity index (χ2v) is 5.71. The highest BCUT2D eigenvalue weighted by Crippen LogP contribution is 2.32. The standard InChI is InChI=1S/C14H17N5O2S/c1-2-21-11-5-3-10(4-6-11)18-7-8-19-13(18)16-17-14(19)22-9-12(15)20/h3-6H,2,7-9H2,1H3,(H2,15,20). The number of carbonyl (C=O) groups excluding carboxylic acids is 1. The van der Waals surface area contributed by atoms with Crippen molar-refractivity contribution in [3.8, 4) is 5.75 Å². The molecule has 2 N–H and O–H groups in total. The van der Waals surface area contributed by atoms with Gasteiger partial charge >= 0.3 is 0 Å². The van der Waals surface area contributed by atoms with E-state index in [-0.39, 0.29) is 11.7 Å². The Morgan fingerprint density at radius 1 is 1.32 bits per heavy atom. The van der Waals surface area contributed by atoms with Gasteiger partial charge in [-0.05, 0) is 31.2 Å². The normalized spacial score (nSPS) is 13.2. The van der Waals surface area contributed by atoms with Gasteiger partial charge in [0.2, 0.25) is 11.9 Å². The van der Waals surface area contributed by atoms with Crippen molar-refractivity contribution in [1.29, 1.82) is 0 Å². The van der Waals surface area contributed by atoms with E-state index in [2.05, 4.69) is 15.1 Å². The molecule has 0 aliphatic carbocycles. The van der Waals surface area contributed by atoms with Crippen molar-refractivity contribution in [2.75, 3.05) is 23.8 Å². The molecule has 1 aromatic heterocycles. The molecular weight excluding hydrogens is 302 g/mol. The number of nitrogens with two attached hydrogens (primary N) is 1. The number of nitrogens with zero attached hydrogens (tertiary/aromatic N) is 4. The summed E-state index contributed by atoms with van der Waals surface area (Å²) in [7, 11) is 0. The minimum atomic E-state index is -0.358. The first kappa shape index (κ1) is 14.7. The number of fused-ring (bicyclic) bond motifs is 1. The van der Waals surface area contributed by atoms with Gasteiger partial charge in [-0.2, -0.15) is 0 Å². The number of ether oxygens (including phenoxy) is 1. The molecule has 2 heterocycles. The van der Waals surface area contributed by atoms with Crippen LogP contribution in [0, 0.1) is 0 Å². The van der Waals surface area contributed by atoms with E-state index in [4.69, 9.17) is 10.5 Å². The topological polar surface area (TPSA) is 86.3 Å². The van der Waals surface area contributed by atoms with Gasteiger partial charge in [0.25, 0.3) is 0 Å². The fourth-order valence-corrected chi connectivity index (χ4v) is 3.05. The Labute approximate surface area is 132 Å². The molecule has 3 rings (SSSR count). The SMILES string of the molecule is CCOc1ccc(N2CCn3c(SCC(N)=O)nnc32)cc1. The third kappa shape index (κ3) is 2.87. The second-order valence-electron chi connectivity index (χ2n) is 4.77. The number of thioether (sulfide) groups is 1. The maximum absolute atomic E-state index is 10.9. The predicted molar refractivity (Wildman–Crippen MR) is 84.6 cm³/mol.